The molecule has 2 rings (SSSR count). The maximum absolute atomic E-state index is 11.9. The van der Waals surface area contributed by atoms with E-state index in [1.807, 2.05) is 36.4 Å². The third-order valence-electron chi connectivity index (χ3n) is 1.94. The molecular weight excluding hydrogens is 152 g/mol. The summed E-state index contributed by atoms with van der Waals surface area (Å²) in [6.45, 7) is 0.462. The van der Waals surface area contributed by atoms with E-state index in [4.69, 9.17) is 0 Å². The van der Waals surface area contributed by atoms with Gasteiger partial charge in [0, 0.05) is 12.1 Å². The van der Waals surface area contributed by atoms with Crippen LogP contribution in [0.3, 0.4) is 0 Å². The van der Waals surface area contributed by atoms with Crippen molar-refractivity contribution in [2.45, 2.75) is 0 Å². The van der Waals surface area contributed by atoms with Gasteiger partial charge in [-0.15, -0.1) is 0 Å². The normalized spacial score (nSPS) is 27.1. The topological polar surface area (TPSA) is 35.1 Å². The van der Waals surface area contributed by atoms with Crippen LogP contribution in [0, 0.1) is 5.21 Å². The van der Waals surface area contributed by atoms with Crippen molar-refractivity contribution in [3.05, 3.63) is 47.8 Å². The summed E-state index contributed by atoms with van der Waals surface area (Å²) in [6, 6.07) is 9.29. The van der Waals surface area contributed by atoms with Crippen LogP contribution in [0.15, 0.2) is 42.6 Å². The molecule has 1 aliphatic heterocycles. The zero-order chi connectivity index (χ0) is 8.44. The summed E-state index contributed by atoms with van der Waals surface area (Å²) in [6.07, 6.45) is 3.53. The molecule has 0 amide bonds. The van der Waals surface area contributed by atoms with Gasteiger partial charge in [0.05, 0.1) is 6.20 Å². The van der Waals surface area contributed by atoms with E-state index in [-0.39, 0.29) is 0 Å². The van der Waals surface area contributed by atoms with E-state index in [9.17, 15) is 5.21 Å². The average molecular weight is 162 g/mol. The van der Waals surface area contributed by atoms with Gasteiger partial charge in [0.2, 0.25) is 0 Å². The minimum absolute atomic E-state index is 0.462. The van der Waals surface area contributed by atoms with Crippen LogP contribution in [0.25, 0.3) is 0 Å². The molecule has 1 aromatic rings. The number of benzene rings is 1. The van der Waals surface area contributed by atoms with E-state index in [2.05, 4.69) is 5.43 Å². The Hall–Kier alpha value is -1.32. The van der Waals surface area contributed by atoms with E-state index >= 15 is 0 Å². The van der Waals surface area contributed by atoms with E-state index in [1.54, 1.807) is 6.20 Å². The van der Waals surface area contributed by atoms with Crippen LogP contribution in [0.4, 0.5) is 5.69 Å². The van der Waals surface area contributed by atoms with Crippen molar-refractivity contribution in [3.63, 3.8) is 0 Å². The summed E-state index contributed by atoms with van der Waals surface area (Å²) in [7, 11) is 0. The van der Waals surface area contributed by atoms with Gasteiger partial charge < -0.3 is 5.21 Å². The largest absolute Gasteiger partial charge is 0.601 e. The van der Waals surface area contributed by atoms with Crippen LogP contribution >= 0.6 is 0 Å². The van der Waals surface area contributed by atoms with Crippen molar-refractivity contribution in [2.24, 2.45) is 0 Å². The number of nitrogens with zero attached hydrogens (tertiary/aromatic N) is 1. The Morgan fingerprint density at radius 3 is 2.58 bits per heavy atom. The zero-order valence-electron chi connectivity index (χ0n) is 6.60. The lowest BCUT2D eigenvalue weighted by Gasteiger charge is -2.36. The SMILES string of the molecule is [O-][N+]1(c2ccccc2)CC=CN1. The summed E-state index contributed by atoms with van der Waals surface area (Å²) in [5.74, 6) is 0. The molecule has 0 saturated heterocycles. The van der Waals surface area contributed by atoms with Gasteiger partial charge in [-0.3, -0.25) is 0 Å². The van der Waals surface area contributed by atoms with E-state index in [1.165, 1.54) is 0 Å². The van der Waals surface area contributed by atoms with Crippen molar-refractivity contribution < 1.29 is 0 Å². The molecule has 1 N–H and O–H groups in total. The van der Waals surface area contributed by atoms with Crippen LogP contribution in [-0.4, -0.2) is 6.54 Å². The molecule has 1 aliphatic rings. The predicted molar refractivity (Wildman–Crippen MR) is 48.7 cm³/mol. The van der Waals surface area contributed by atoms with Gasteiger partial charge in [-0.1, -0.05) is 18.2 Å². The molecule has 0 aromatic heterocycles. The smallest absolute Gasteiger partial charge is 0.157 e. The fourth-order valence-electron chi connectivity index (χ4n) is 1.28. The first-order valence-corrected chi connectivity index (χ1v) is 3.89. The summed E-state index contributed by atoms with van der Waals surface area (Å²) >= 11 is 0. The Morgan fingerprint density at radius 2 is 2.00 bits per heavy atom. The lowest BCUT2D eigenvalue weighted by Crippen LogP contribution is -2.48. The number of hydroxylamine groups is 1. The predicted octanol–water partition coefficient (Wildman–Crippen LogP) is 1.52. The summed E-state index contributed by atoms with van der Waals surface area (Å²) < 4.78 is -0.471. The summed E-state index contributed by atoms with van der Waals surface area (Å²) in [5, 5.41) is 11.9. The number of para-hydroxylation sites is 1. The van der Waals surface area contributed by atoms with Gasteiger partial charge in [-0.25, -0.2) is 10.2 Å². The molecule has 0 spiro atoms. The Bertz CT molecular complexity index is 287. The third kappa shape index (κ3) is 1.09. The number of hydrogen-bond acceptors (Lipinski definition) is 2. The molecule has 3 nitrogen and oxygen atoms in total. The van der Waals surface area contributed by atoms with Crippen LogP contribution in [0.1, 0.15) is 0 Å². The molecule has 0 radical (unpaired) electrons. The molecule has 12 heavy (non-hydrogen) atoms. The molecule has 62 valence electrons. The van der Waals surface area contributed by atoms with E-state index in [0.717, 1.165) is 5.69 Å². The van der Waals surface area contributed by atoms with Crippen molar-refractivity contribution >= 4 is 5.69 Å². The molecule has 1 unspecified atom stereocenters. The number of rotatable bonds is 1. The van der Waals surface area contributed by atoms with Crippen LogP contribution < -0.4 is 10.2 Å². The third-order valence-corrected chi connectivity index (χ3v) is 1.94. The molecule has 0 saturated carbocycles. The number of hydrogen-bond donors (Lipinski definition) is 1. The molecule has 0 aliphatic carbocycles. The lowest BCUT2D eigenvalue weighted by molar-refractivity contribution is 0.370. The molecule has 0 bridgehead atoms. The molecule has 1 aromatic carbocycles. The highest BCUT2D eigenvalue weighted by Crippen LogP contribution is 2.20. The standard InChI is InChI=1S/C9H10N2O/c12-11(8-4-7-10-11)9-5-2-1-3-6-9/h1-7,10H,8H2. The Kier molecular flexibility index (Phi) is 1.60. The second kappa shape index (κ2) is 2.62. The number of quaternary nitrogens is 1. The fourth-order valence-corrected chi connectivity index (χ4v) is 1.28. The average Bonchev–Trinajstić information content (AvgIpc) is 2.55. The highest BCUT2D eigenvalue weighted by atomic mass is 16.6. The highest BCUT2D eigenvalue weighted by Gasteiger charge is 2.20. The number of nitrogens with one attached hydrogen (secondary N) is 1. The van der Waals surface area contributed by atoms with Crippen molar-refractivity contribution in [3.8, 4) is 0 Å². The molecule has 1 heterocycles. The van der Waals surface area contributed by atoms with Gasteiger partial charge in [0.15, 0.2) is 5.69 Å². The fraction of sp³-hybridized carbons (Fsp3) is 0.111. The van der Waals surface area contributed by atoms with Gasteiger partial charge in [0.1, 0.15) is 6.54 Å². The molecule has 1 atom stereocenters. The van der Waals surface area contributed by atoms with Crippen LogP contribution in [0.2, 0.25) is 0 Å². The minimum atomic E-state index is -0.471. The van der Waals surface area contributed by atoms with Crippen molar-refractivity contribution in [1.82, 2.24) is 10.2 Å². The van der Waals surface area contributed by atoms with Gasteiger partial charge in [0.25, 0.3) is 0 Å². The molecule has 0 fully saturated rings. The minimum Gasteiger partial charge on any atom is -0.601 e. The Balaban J connectivity index is 2.31. The van der Waals surface area contributed by atoms with Crippen molar-refractivity contribution in [2.75, 3.05) is 6.54 Å². The van der Waals surface area contributed by atoms with Gasteiger partial charge in [-0.05, 0) is 6.08 Å². The second-order valence-corrected chi connectivity index (χ2v) is 2.79. The lowest BCUT2D eigenvalue weighted by atomic mass is 10.3. The first-order valence-electron chi connectivity index (χ1n) is 3.89. The van der Waals surface area contributed by atoms with Crippen LogP contribution in [-0.2, 0) is 0 Å². The van der Waals surface area contributed by atoms with Crippen molar-refractivity contribution in [1.29, 1.82) is 0 Å². The first kappa shape index (κ1) is 7.34. The Labute approximate surface area is 71.1 Å². The van der Waals surface area contributed by atoms with E-state index in [0.29, 0.717) is 6.54 Å². The monoisotopic (exact) mass is 162 g/mol. The highest BCUT2D eigenvalue weighted by molar-refractivity contribution is 5.44. The maximum Gasteiger partial charge on any atom is 0.157 e. The van der Waals surface area contributed by atoms with E-state index < -0.39 is 4.76 Å². The molecule has 3 heteroatoms. The maximum atomic E-state index is 11.9. The zero-order valence-corrected chi connectivity index (χ0v) is 6.60. The second-order valence-electron chi connectivity index (χ2n) is 2.79. The molecular formula is C9H10N2O. The van der Waals surface area contributed by atoms with Gasteiger partial charge in [-0.2, -0.15) is 0 Å². The summed E-state index contributed by atoms with van der Waals surface area (Å²) in [5.41, 5.74) is 3.49. The quantitative estimate of drug-likeness (QED) is 0.502. The first-order chi connectivity index (χ1) is 5.81. The Morgan fingerprint density at radius 1 is 1.25 bits per heavy atom. The summed E-state index contributed by atoms with van der Waals surface area (Å²) in [4.78, 5) is 0. The van der Waals surface area contributed by atoms with Crippen LogP contribution in [0.5, 0.6) is 0 Å². The van der Waals surface area contributed by atoms with Gasteiger partial charge >= 0.3 is 0 Å².